The highest BCUT2D eigenvalue weighted by Gasteiger charge is 2.64. The molecule has 386 valence electrons. The van der Waals surface area contributed by atoms with E-state index in [2.05, 4.69) is 64.5 Å². The molecule has 3 fully saturated rings. The summed E-state index contributed by atoms with van der Waals surface area (Å²) in [4.78, 5) is 66.3. The van der Waals surface area contributed by atoms with Crippen molar-refractivity contribution < 1.29 is 34.1 Å². The zero-order valence-electron chi connectivity index (χ0n) is 42.8. The smallest absolute Gasteiger partial charge is 0.251 e. The lowest BCUT2D eigenvalue weighted by molar-refractivity contribution is -0.164. The number of piperazine rings is 1. The SMILES string of the molecule is Cc1ncsc1-c1ccc([C@H](CO)NC(=O)[C@@H]2C[C@@H](O)CN2C(=O)[C@@H](NC(=O)CN2CCN(CCCCc3ccc(C(=O)NC4C(C)(C)C(Oc5ccc(C#N)c(Cl)c5)C4(C)C)cc3)CC2)C(C)(C)C)cc1. The van der Waals surface area contributed by atoms with Crippen LogP contribution in [0.4, 0.5) is 0 Å². The van der Waals surface area contributed by atoms with Gasteiger partial charge >= 0.3 is 0 Å². The molecule has 4 aromatic rings. The number of likely N-dealkylation sites (tertiary alicyclic amines) is 1. The number of carbonyl (C=O) groups is 4. The number of ether oxygens (including phenoxy) is 1. The van der Waals surface area contributed by atoms with Crippen molar-refractivity contribution in [1.29, 1.82) is 5.26 Å². The monoisotopic (exact) mass is 1020 g/mol. The van der Waals surface area contributed by atoms with Crippen molar-refractivity contribution in [2.75, 3.05) is 52.4 Å². The van der Waals surface area contributed by atoms with Crippen molar-refractivity contribution in [3.05, 3.63) is 105 Å². The lowest BCUT2D eigenvalue weighted by atomic mass is 9.49. The van der Waals surface area contributed by atoms with Crippen molar-refractivity contribution in [1.82, 2.24) is 35.6 Å². The van der Waals surface area contributed by atoms with Crippen LogP contribution in [0.15, 0.2) is 72.2 Å². The molecule has 1 aromatic heterocycles. The summed E-state index contributed by atoms with van der Waals surface area (Å²) in [6.45, 7) is 19.6. The molecule has 72 heavy (non-hydrogen) atoms. The van der Waals surface area contributed by atoms with Crippen LogP contribution in [0.3, 0.4) is 0 Å². The molecule has 17 heteroatoms. The van der Waals surface area contributed by atoms with Gasteiger partial charge in [-0.2, -0.15) is 5.26 Å². The van der Waals surface area contributed by atoms with E-state index in [9.17, 15) is 34.7 Å². The number of aromatic nitrogens is 1. The van der Waals surface area contributed by atoms with Gasteiger partial charge in [-0.1, -0.05) is 96.5 Å². The normalized spacial score (nSPS) is 21.7. The predicted molar refractivity (Wildman–Crippen MR) is 279 cm³/mol. The highest BCUT2D eigenvalue weighted by molar-refractivity contribution is 7.13. The van der Waals surface area contributed by atoms with Gasteiger partial charge in [-0.3, -0.25) is 24.1 Å². The Balaban J connectivity index is 0.823. The summed E-state index contributed by atoms with van der Waals surface area (Å²) in [7, 11) is 0. The maximum Gasteiger partial charge on any atom is 0.251 e. The Morgan fingerprint density at radius 2 is 1.61 bits per heavy atom. The summed E-state index contributed by atoms with van der Waals surface area (Å²) < 4.78 is 6.38. The van der Waals surface area contributed by atoms with E-state index in [-0.39, 0.29) is 60.9 Å². The molecular formula is C55H71ClN8O7S. The van der Waals surface area contributed by atoms with Gasteiger partial charge in [-0.15, -0.1) is 11.3 Å². The molecule has 7 rings (SSSR count). The fourth-order valence-electron chi connectivity index (χ4n) is 10.9. The fraction of sp³-hybridized carbons (Fsp3) is 0.527. The number of carbonyl (C=O) groups excluding carboxylic acids is 4. The molecule has 2 saturated heterocycles. The van der Waals surface area contributed by atoms with Gasteiger partial charge in [-0.25, -0.2) is 4.98 Å². The second-order valence-corrected chi connectivity index (χ2v) is 23.2. The first-order valence-corrected chi connectivity index (χ1v) is 26.3. The van der Waals surface area contributed by atoms with Gasteiger partial charge in [0.15, 0.2) is 0 Å². The molecule has 15 nitrogen and oxygen atoms in total. The zero-order chi connectivity index (χ0) is 52.1. The number of benzene rings is 3. The second-order valence-electron chi connectivity index (χ2n) is 22.0. The standard InChI is InChI=1S/C55H71ClN8O7S/c1-34-46(72-33-58-34)37-18-16-36(17-19-37)43(32-65)59-49(69)44-27-40(66)30-64(44)50(70)47(53(2,3)4)60-45(67)31-63-25-23-62(24-26-63)22-10-9-11-35-12-14-38(15-13-35)48(68)61-51-54(5,6)52(55(51,7)8)71-41-21-20-39(29-57)42(56)28-41/h12-21,28,33,40,43-44,47,51-52,65-66H,9-11,22-27,30-32H2,1-8H3,(H,59,69)(H,60,67)(H,61,68)/t40-,43+,44+,47-,51?,52?/m1/s1. The van der Waals surface area contributed by atoms with Crippen molar-refractivity contribution in [2.45, 2.75) is 117 Å². The third kappa shape index (κ3) is 12.5. The number of hydrogen-bond donors (Lipinski definition) is 5. The minimum Gasteiger partial charge on any atom is -0.489 e. The van der Waals surface area contributed by atoms with Gasteiger partial charge in [0.05, 0.1) is 52.0 Å². The quantitative estimate of drug-likeness (QED) is 0.0679. The van der Waals surface area contributed by atoms with Crippen molar-refractivity contribution in [3.8, 4) is 22.3 Å². The van der Waals surface area contributed by atoms with E-state index in [1.807, 2.05) is 76.2 Å². The average molecular weight is 1020 g/mol. The number of nitrogens with zero attached hydrogens (tertiary/aromatic N) is 5. The number of thiazole rings is 1. The number of aryl methyl sites for hydroxylation is 2. The minimum absolute atomic E-state index is 0.0416. The number of aliphatic hydroxyl groups is 2. The first-order valence-electron chi connectivity index (χ1n) is 25.0. The molecule has 0 bridgehead atoms. The molecule has 4 atom stereocenters. The number of aliphatic hydroxyl groups excluding tert-OH is 2. The maximum atomic E-state index is 14.3. The number of rotatable bonds is 18. The summed E-state index contributed by atoms with van der Waals surface area (Å²) in [5.74, 6) is -0.732. The lowest BCUT2D eigenvalue weighted by Crippen LogP contribution is -2.74. The van der Waals surface area contributed by atoms with Gasteiger partial charge in [0.2, 0.25) is 17.7 Å². The number of halogens is 1. The molecule has 3 aliphatic rings. The van der Waals surface area contributed by atoms with E-state index in [0.29, 0.717) is 40.6 Å². The van der Waals surface area contributed by atoms with Gasteiger partial charge < -0.3 is 40.7 Å². The summed E-state index contributed by atoms with van der Waals surface area (Å²) in [6.07, 6.45) is 1.83. The van der Waals surface area contributed by atoms with Gasteiger partial charge in [-0.05, 0) is 79.1 Å². The molecule has 0 unspecified atom stereocenters. The molecule has 1 aliphatic carbocycles. The Kier molecular flexibility index (Phi) is 17.2. The molecular weight excluding hydrogens is 952 g/mol. The van der Waals surface area contributed by atoms with Crippen LogP contribution in [0.5, 0.6) is 5.75 Å². The predicted octanol–water partition coefficient (Wildman–Crippen LogP) is 6.54. The number of amides is 4. The Hall–Kier alpha value is -5.41. The summed E-state index contributed by atoms with van der Waals surface area (Å²) in [6, 6.07) is 19.7. The molecule has 3 aromatic carbocycles. The third-order valence-corrected chi connectivity index (χ3v) is 16.1. The minimum atomic E-state index is -0.978. The lowest BCUT2D eigenvalue weighted by Gasteiger charge is -2.63. The zero-order valence-corrected chi connectivity index (χ0v) is 44.4. The van der Waals surface area contributed by atoms with Crippen molar-refractivity contribution in [3.63, 3.8) is 0 Å². The van der Waals surface area contributed by atoms with E-state index in [1.54, 1.807) is 23.7 Å². The Bertz CT molecular complexity index is 2590. The van der Waals surface area contributed by atoms with Crippen LogP contribution in [0.1, 0.15) is 107 Å². The highest BCUT2D eigenvalue weighted by atomic mass is 35.5. The van der Waals surface area contributed by atoms with Crippen molar-refractivity contribution in [2.24, 2.45) is 16.2 Å². The van der Waals surface area contributed by atoms with E-state index in [1.165, 1.54) is 21.8 Å². The molecule has 4 amide bonds. The van der Waals surface area contributed by atoms with E-state index >= 15 is 0 Å². The van der Waals surface area contributed by atoms with Crippen LogP contribution in [0.25, 0.3) is 10.4 Å². The van der Waals surface area contributed by atoms with Gasteiger partial charge in [0.1, 0.15) is 30.0 Å². The highest BCUT2D eigenvalue weighted by Crippen LogP contribution is 2.55. The third-order valence-electron chi connectivity index (χ3n) is 14.8. The van der Waals surface area contributed by atoms with E-state index in [4.69, 9.17) is 16.3 Å². The molecule has 5 N–H and O–H groups in total. The Labute approximate surface area is 433 Å². The summed E-state index contributed by atoms with van der Waals surface area (Å²) in [5.41, 5.74) is 5.15. The largest absolute Gasteiger partial charge is 0.489 e. The number of unbranched alkanes of at least 4 members (excludes halogenated alkanes) is 1. The van der Waals surface area contributed by atoms with E-state index in [0.717, 1.165) is 55.0 Å². The molecule has 0 spiro atoms. The van der Waals surface area contributed by atoms with Crippen LogP contribution in [-0.4, -0.2) is 136 Å². The maximum absolute atomic E-state index is 14.3. The van der Waals surface area contributed by atoms with Crippen LogP contribution in [0.2, 0.25) is 5.02 Å². The number of β-amino-alcohol motifs (C(OH)–C–C–N with tert-alkyl or cyclic N) is 1. The van der Waals surface area contributed by atoms with Crippen LogP contribution in [0, 0.1) is 34.5 Å². The van der Waals surface area contributed by atoms with Crippen LogP contribution < -0.4 is 20.7 Å². The Morgan fingerprint density at radius 1 is 0.944 bits per heavy atom. The van der Waals surface area contributed by atoms with Gasteiger partial charge in [0, 0.05) is 67.6 Å². The molecule has 0 radical (unpaired) electrons. The fourth-order valence-corrected chi connectivity index (χ4v) is 12.0. The molecule has 3 heterocycles. The van der Waals surface area contributed by atoms with Gasteiger partial charge in [0.25, 0.3) is 5.91 Å². The summed E-state index contributed by atoms with van der Waals surface area (Å²) in [5, 5.41) is 39.8. The average Bonchev–Trinajstić information content (AvgIpc) is 3.97. The molecule has 2 aliphatic heterocycles. The second kappa shape index (κ2) is 22.8. The summed E-state index contributed by atoms with van der Waals surface area (Å²) >= 11 is 7.80. The number of hydrogen-bond acceptors (Lipinski definition) is 12. The number of nitrogens with one attached hydrogen (secondary N) is 3. The number of nitriles is 1. The van der Waals surface area contributed by atoms with E-state index < -0.39 is 41.5 Å². The molecule has 1 saturated carbocycles. The first-order chi connectivity index (χ1) is 34.1. The Morgan fingerprint density at radius 3 is 2.21 bits per heavy atom. The van der Waals surface area contributed by atoms with Crippen LogP contribution in [-0.2, 0) is 20.8 Å². The van der Waals surface area contributed by atoms with Crippen LogP contribution >= 0.6 is 22.9 Å². The first kappa shape index (κ1) is 54.4. The topological polar surface area (TPSA) is 200 Å². The van der Waals surface area contributed by atoms with Crippen molar-refractivity contribution >= 4 is 46.6 Å².